The van der Waals surface area contributed by atoms with Gasteiger partial charge < -0.3 is 14.3 Å². The van der Waals surface area contributed by atoms with Gasteiger partial charge in [-0.05, 0) is 31.4 Å². The number of hydrogen-bond donors (Lipinski definition) is 0. The zero-order valence-corrected chi connectivity index (χ0v) is 9.93. The molecule has 0 aliphatic carbocycles. The van der Waals surface area contributed by atoms with Crippen molar-refractivity contribution in [1.82, 2.24) is 0 Å². The molecule has 1 fully saturated rings. The third-order valence-corrected chi connectivity index (χ3v) is 5.57. The van der Waals surface area contributed by atoms with Crippen LogP contribution in [0.4, 0.5) is 0 Å². The molecule has 0 radical (unpaired) electrons. The van der Waals surface area contributed by atoms with E-state index in [2.05, 4.69) is 13.2 Å². The lowest BCUT2D eigenvalue weighted by atomic mass is 10.2. The van der Waals surface area contributed by atoms with Crippen LogP contribution in [0.3, 0.4) is 0 Å². The molecule has 1 atom stereocenters. The number of carbonyl (C=O) groups is 2. The predicted molar refractivity (Wildman–Crippen MR) is 61.1 cm³/mol. The molecule has 0 bridgehead atoms. The fourth-order valence-corrected chi connectivity index (χ4v) is 4.21. The van der Waals surface area contributed by atoms with Crippen LogP contribution in [0.25, 0.3) is 0 Å². The van der Waals surface area contributed by atoms with E-state index in [9.17, 15) is 9.59 Å². The summed E-state index contributed by atoms with van der Waals surface area (Å²) in [6.07, 6.45) is 5.35. The fraction of sp³-hybridized carbons (Fsp3) is 0.455. The van der Waals surface area contributed by atoms with Gasteiger partial charge in [0.15, 0.2) is 0 Å². The number of ether oxygens (including phenoxy) is 1. The highest BCUT2D eigenvalue weighted by molar-refractivity contribution is 7.14. The van der Waals surface area contributed by atoms with Crippen molar-refractivity contribution in [2.45, 2.75) is 25.0 Å². The number of allylic oxidation sites excluding steroid dienone is 2. The standard InChI is InChI=1S/C11H16O3Si/c1-3-9(12)15(10(13)4-2)11-7-5-6-8-14-11/h3-4,11,15H,1-2,5-8H2. The van der Waals surface area contributed by atoms with Crippen molar-refractivity contribution in [3.05, 3.63) is 25.3 Å². The Morgan fingerprint density at radius 1 is 1.20 bits per heavy atom. The largest absolute Gasteiger partial charge is 0.381 e. The van der Waals surface area contributed by atoms with E-state index < -0.39 is 8.80 Å². The van der Waals surface area contributed by atoms with Crippen LogP contribution in [0.15, 0.2) is 25.3 Å². The van der Waals surface area contributed by atoms with Crippen LogP contribution < -0.4 is 0 Å². The quantitative estimate of drug-likeness (QED) is 0.515. The van der Waals surface area contributed by atoms with Gasteiger partial charge in [-0.2, -0.15) is 0 Å². The fourth-order valence-electron chi connectivity index (χ4n) is 1.79. The van der Waals surface area contributed by atoms with E-state index in [4.69, 9.17) is 4.74 Å². The molecule has 0 saturated carbocycles. The molecule has 3 nitrogen and oxygen atoms in total. The maximum Gasteiger partial charge on any atom is 0.234 e. The Morgan fingerprint density at radius 2 is 1.80 bits per heavy atom. The van der Waals surface area contributed by atoms with Gasteiger partial charge in [-0.15, -0.1) is 0 Å². The molecule has 0 aromatic carbocycles. The molecule has 0 aromatic rings. The summed E-state index contributed by atoms with van der Waals surface area (Å²) in [6, 6.07) is 0. The summed E-state index contributed by atoms with van der Waals surface area (Å²) in [5.74, 6) is 0. The molecule has 0 N–H and O–H groups in total. The Kier molecular flexibility index (Phi) is 4.65. The third kappa shape index (κ3) is 2.97. The topological polar surface area (TPSA) is 43.4 Å². The number of hydrogen-bond acceptors (Lipinski definition) is 3. The molecular weight excluding hydrogens is 208 g/mol. The molecule has 1 unspecified atom stereocenters. The van der Waals surface area contributed by atoms with E-state index in [-0.39, 0.29) is 16.5 Å². The highest BCUT2D eigenvalue weighted by atomic mass is 28.3. The summed E-state index contributed by atoms with van der Waals surface area (Å²) in [6.45, 7) is 7.53. The lowest BCUT2D eigenvalue weighted by Gasteiger charge is -2.26. The van der Waals surface area contributed by atoms with E-state index >= 15 is 0 Å². The first-order chi connectivity index (χ1) is 7.20. The Balaban J connectivity index is 2.78. The molecule has 0 spiro atoms. The van der Waals surface area contributed by atoms with Crippen molar-refractivity contribution in [2.75, 3.05) is 6.61 Å². The van der Waals surface area contributed by atoms with Gasteiger partial charge in [0.25, 0.3) is 0 Å². The van der Waals surface area contributed by atoms with Crippen molar-refractivity contribution in [3.63, 3.8) is 0 Å². The zero-order valence-electron chi connectivity index (χ0n) is 8.78. The molecule has 4 heteroatoms. The Bertz CT molecular complexity index is 260. The minimum absolute atomic E-state index is 0.133. The average Bonchev–Trinajstić information content (AvgIpc) is 2.30. The molecule has 1 rings (SSSR count). The van der Waals surface area contributed by atoms with Gasteiger partial charge in [-0.1, -0.05) is 13.2 Å². The maximum atomic E-state index is 11.6. The molecule has 1 aliphatic rings. The third-order valence-electron chi connectivity index (χ3n) is 2.60. The molecule has 82 valence electrons. The van der Waals surface area contributed by atoms with Crippen molar-refractivity contribution in [1.29, 1.82) is 0 Å². The normalized spacial score (nSPS) is 21.0. The molecule has 0 aromatic heterocycles. The predicted octanol–water partition coefficient (Wildman–Crippen LogP) is 0.910. The minimum Gasteiger partial charge on any atom is -0.381 e. The zero-order chi connectivity index (χ0) is 11.3. The molecule has 15 heavy (non-hydrogen) atoms. The molecule has 0 amide bonds. The second-order valence-corrected chi connectivity index (χ2v) is 6.43. The van der Waals surface area contributed by atoms with Gasteiger partial charge in [0.1, 0.15) is 10.8 Å². The van der Waals surface area contributed by atoms with E-state index in [1.54, 1.807) is 0 Å². The second-order valence-electron chi connectivity index (χ2n) is 3.60. The SMILES string of the molecule is C=CC(=O)[SiH](C(=O)C=C)C1CCCCO1. The Morgan fingerprint density at radius 3 is 2.20 bits per heavy atom. The highest BCUT2D eigenvalue weighted by Gasteiger charge is 2.35. The summed E-state index contributed by atoms with van der Waals surface area (Å²) >= 11 is 0. The number of rotatable bonds is 5. The first-order valence-electron chi connectivity index (χ1n) is 5.15. The lowest BCUT2D eigenvalue weighted by Crippen LogP contribution is -2.47. The Hall–Kier alpha value is -1.00. The monoisotopic (exact) mass is 224 g/mol. The summed E-state index contributed by atoms with van der Waals surface area (Å²) in [5, 5.41) is -0.265. The van der Waals surface area contributed by atoms with Crippen LogP contribution in [-0.4, -0.2) is 31.9 Å². The van der Waals surface area contributed by atoms with E-state index in [0.717, 1.165) is 19.3 Å². The van der Waals surface area contributed by atoms with Crippen LogP contribution in [0.2, 0.25) is 0 Å². The molecule has 1 saturated heterocycles. The first-order valence-corrected chi connectivity index (χ1v) is 6.97. The van der Waals surface area contributed by atoms with Crippen LogP contribution in [0, 0.1) is 0 Å². The van der Waals surface area contributed by atoms with Gasteiger partial charge in [0, 0.05) is 6.61 Å². The van der Waals surface area contributed by atoms with Gasteiger partial charge >= 0.3 is 0 Å². The number of carbonyl (C=O) groups excluding carboxylic acids is 2. The van der Waals surface area contributed by atoms with Gasteiger partial charge in [0.05, 0.1) is 5.73 Å². The van der Waals surface area contributed by atoms with Crippen molar-refractivity contribution in [3.8, 4) is 0 Å². The second kappa shape index (κ2) is 5.78. The first kappa shape index (κ1) is 12.1. The van der Waals surface area contributed by atoms with Crippen molar-refractivity contribution >= 4 is 19.6 Å². The summed E-state index contributed by atoms with van der Waals surface area (Å²) in [5.41, 5.74) is -0.158. The summed E-state index contributed by atoms with van der Waals surface area (Å²) in [7, 11) is -2.24. The van der Waals surface area contributed by atoms with Gasteiger partial charge in [0.2, 0.25) is 8.80 Å². The maximum absolute atomic E-state index is 11.6. The van der Waals surface area contributed by atoms with Gasteiger partial charge in [-0.25, -0.2) is 0 Å². The average molecular weight is 224 g/mol. The van der Waals surface area contributed by atoms with E-state index in [0.29, 0.717) is 6.61 Å². The van der Waals surface area contributed by atoms with Crippen molar-refractivity contribution < 1.29 is 14.3 Å². The summed E-state index contributed by atoms with van der Waals surface area (Å²) in [4.78, 5) is 23.2. The molecule has 1 aliphatic heterocycles. The van der Waals surface area contributed by atoms with E-state index in [1.807, 2.05) is 0 Å². The van der Waals surface area contributed by atoms with Gasteiger partial charge in [-0.3, -0.25) is 0 Å². The van der Waals surface area contributed by atoms with E-state index in [1.165, 1.54) is 12.2 Å². The van der Waals surface area contributed by atoms with Crippen LogP contribution in [0.1, 0.15) is 19.3 Å². The highest BCUT2D eigenvalue weighted by Crippen LogP contribution is 2.16. The van der Waals surface area contributed by atoms with Crippen LogP contribution in [-0.2, 0) is 14.3 Å². The lowest BCUT2D eigenvalue weighted by molar-refractivity contribution is -0.112. The smallest absolute Gasteiger partial charge is 0.234 e. The molecule has 1 heterocycles. The summed E-state index contributed by atoms with van der Waals surface area (Å²) < 4.78 is 5.51. The minimum atomic E-state index is -2.24. The van der Waals surface area contributed by atoms with Crippen LogP contribution >= 0.6 is 0 Å². The molecular formula is C11H16O3Si. The Labute approximate surface area is 91.4 Å². The van der Waals surface area contributed by atoms with Crippen LogP contribution in [0.5, 0.6) is 0 Å². The van der Waals surface area contributed by atoms with Crippen molar-refractivity contribution in [2.24, 2.45) is 0 Å².